The topological polar surface area (TPSA) is 61.9 Å². The molecule has 0 saturated carbocycles. The third kappa shape index (κ3) is 2.08. The number of rotatable bonds is 2. The molecule has 16 heavy (non-hydrogen) atoms. The van der Waals surface area contributed by atoms with Gasteiger partial charge in [-0.05, 0) is 12.1 Å². The minimum Gasteiger partial charge on any atom is -0.348 e. The lowest BCUT2D eigenvalue weighted by Crippen LogP contribution is -2.18. The molecule has 2 aromatic heterocycles. The lowest BCUT2D eigenvalue weighted by Gasteiger charge is -2.11. The van der Waals surface area contributed by atoms with Gasteiger partial charge in [0, 0.05) is 38.1 Å². The van der Waals surface area contributed by atoms with Gasteiger partial charge in [0.25, 0.3) is 5.56 Å². The van der Waals surface area contributed by atoms with Gasteiger partial charge < -0.3 is 4.90 Å². The molecule has 5 nitrogen and oxygen atoms in total. The monoisotopic (exact) mass is 216 g/mol. The second kappa shape index (κ2) is 4.14. The van der Waals surface area contributed by atoms with Crippen LogP contribution < -0.4 is 10.5 Å². The van der Waals surface area contributed by atoms with Crippen LogP contribution in [0.25, 0.3) is 11.3 Å². The molecule has 0 radical (unpaired) electrons. The summed E-state index contributed by atoms with van der Waals surface area (Å²) in [5.74, 6) is 0.541. The normalized spacial score (nSPS) is 10.1. The lowest BCUT2D eigenvalue weighted by molar-refractivity contribution is 0.984. The summed E-state index contributed by atoms with van der Waals surface area (Å²) in [6.07, 6.45) is 3.35. The predicted octanol–water partition coefficient (Wildman–Crippen LogP) is 0.898. The first kappa shape index (κ1) is 10.4. The van der Waals surface area contributed by atoms with Crippen LogP contribution in [-0.2, 0) is 0 Å². The van der Waals surface area contributed by atoms with Gasteiger partial charge >= 0.3 is 0 Å². The van der Waals surface area contributed by atoms with Crippen LogP contribution in [0.3, 0.4) is 0 Å². The highest BCUT2D eigenvalue weighted by atomic mass is 16.1. The number of anilines is 1. The van der Waals surface area contributed by atoms with Gasteiger partial charge in [-0.3, -0.25) is 14.8 Å². The number of hydrogen-bond donors (Lipinski definition) is 1. The first-order valence-electron chi connectivity index (χ1n) is 4.86. The van der Waals surface area contributed by atoms with E-state index in [0.717, 1.165) is 5.56 Å². The Morgan fingerprint density at radius 2 is 1.94 bits per heavy atom. The summed E-state index contributed by atoms with van der Waals surface area (Å²) in [7, 11) is 3.66. The largest absolute Gasteiger partial charge is 0.348 e. The van der Waals surface area contributed by atoms with Gasteiger partial charge in [0.05, 0.1) is 5.69 Å². The number of nitrogens with one attached hydrogen (secondary N) is 1. The molecule has 0 fully saturated rings. The SMILES string of the molecule is CN(C)c1nc(-c2ccncc2)cc(=O)[nH]1. The fourth-order valence-electron chi connectivity index (χ4n) is 1.33. The number of aromatic nitrogens is 3. The number of hydrogen-bond acceptors (Lipinski definition) is 4. The van der Waals surface area contributed by atoms with Crippen LogP contribution in [-0.4, -0.2) is 29.0 Å². The molecule has 0 saturated heterocycles. The van der Waals surface area contributed by atoms with Gasteiger partial charge in [0.15, 0.2) is 0 Å². The fourth-order valence-corrected chi connectivity index (χ4v) is 1.33. The van der Waals surface area contributed by atoms with Crippen molar-refractivity contribution in [2.75, 3.05) is 19.0 Å². The highest BCUT2D eigenvalue weighted by molar-refractivity contribution is 5.59. The van der Waals surface area contributed by atoms with Gasteiger partial charge in [-0.1, -0.05) is 0 Å². The van der Waals surface area contributed by atoms with Gasteiger partial charge in [0.2, 0.25) is 5.95 Å². The summed E-state index contributed by atoms with van der Waals surface area (Å²) in [6.45, 7) is 0. The molecule has 1 N–H and O–H groups in total. The van der Waals surface area contributed by atoms with Crippen molar-refractivity contribution in [2.45, 2.75) is 0 Å². The number of pyridine rings is 1. The summed E-state index contributed by atoms with van der Waals surface area (Å²) in [6, 6.07) is 5.12. The Kier molecular flexibility index (Phi) is 2.68. The van der Waals surface area contributed by atoms with Crippen molar-refractivity contribution in [3.05, 3.63) is 40.9 Å². The molecule has 5 heteroatoms. The van der Waals surface area contributed by atoms with Crippen LogP contribution >= 0.6 is 0 Å². The quantitative estimate of drug-likeness (QED) is 0.810. The van der Waals surface area contributed by atoms with E-state index < -0.39 is 0 Å². The molecular formula is C11H12N4O. The van der Waals surface area contributed by atoms with E-state index in [4.69, 9.17) is 0 Å². The third-order valence-electron chi connectivity index (χ3n) is 2.13. The maximum Gasteiger partial charge on any atom is 0.252 e. The summed E-state index contributed by atoms with van der Waals surface area (Å²) in [5, 5.41) is 0. The third-order valence-corrected chi connectivity index (χ3v) is 2.13. The van der Waals surface area contributed by atoms with E-state index in [1.54, 1.807) is 17.3 Å². The number of aromatic amines is 1. The average Bonchev–Trinajstić information content (AvgIpc) is 2.29. The Bertz CT molecular complexity index is 533. The van der Waals surface area contributed by atoms with E-state index in [1.807, 2.05) is 26.2 Å². The zero-order valence-electron chi connectivity index (χ0n) is 9.14. The summed E-state index contributed by atoms with van der Waals surface area (Å²) in [5.41, 5.74) is 1.37. The Morgan fingerprint density at radius 3 is 2.56 bits per heavy atom. The first-order chi connectivity index (χ1) is 7.66. The molecule has 0 amide bonds. The molecular weight excluding hydrogens is 204 g/mol. The van der Waals surface area contributed by atoms with Crippen LogP contribution in [0.2, 0.25) is 0 Å². The highest BCUT2D eigenvalue weighted by Gasteiger charge is 2.04. The first-order valence-corrected chi connectivity index (χ1v) is 4.86. The minimum absolute atomic E-state index is 0.162. The fraction of sp³-hybridized carbons (Fsp3) is 0.182. The van der Waals surface area contributed by atoms with E-state index in [2.05, 4.69) is 15.0 Å². The van der Waals surface area contributed by atoms with Gasteiger partial charge in [-0.2, -0.15) is 0 Å². The van der Waals surface area contributed by atoms with E-state index >= 15 is 0 Å². The molecule has 2 aromatic rings. The molecule has 0 bridgehead atoms. The molecule has 0 aliphatic heterocycles. The van der Waals surface area contributed by atoms with Gasteiger partial charge in [-0.25, -0.2) is 4.98 Å². The van der Waals surface area contributed by atoms with Gasteiger partial charge in [-0.15, -0.1) is 0 Å². The molecule has 0 aliphatic rings. The van der Waals surface area contributed by atoms with Crippen molar-refractivity contribution < 1.29 is 0 Å². The molecule has 0 aromatic carbocycles. The van der Waals surface area contributed by atoms with Crippen LogP contribution in [0.4, 0.5) is 5.95 Å². The Balaban J connectivity index is 2.54. The molecule has 2 heterocycles. The second-order valence-corrected chi connectivity index (χ2v) is 3.58. The van der Waals surface area contributed by atoms with E-state index in [0.29, 0.717) is 11.6 Å². The smallest absolute Gasteiger partial charge is 0.252 e. The summed E-state index contributed by atoms with van der Waals surface area (Å²) >= 11 is 0. The number of nitrogens with zero attached hydrogens (tertiary/aromatic N) is 3. The van der Waals surface area contributed by atoms with Gasteiger partial charge in [0.1, 0.15) is 0 Å². The maximum atomic E-state index is 11.5. The molecule has 0 unspecified atom stereocenters. The zero-order chi connectivity index (χ0) is 11.5. The van der Waals surface area contributed by atoms with Crippen LogP contribution in [0.5, 0.6) is 0 Å². The lowest BCUT2D eigenvalue weighted by atomic mass is 10.2. The van der Waals surface area contributed by atoms with Crippen LogP contribution in [0, 0.1) is 0 Å². The van der Waals surface area contributed by atoms with Crippen molar-refractivity contribution in [1.29, 1.82) is 0 Å². The number of H-pyrrole nitrogens is 1. The van der Waals surface area contributed by atoms with Crippen molar-refractivity contribution in [1.82, 2.24) is 15.0 Å². The average molecular weight is 216 g/mol. The Labute approximate surface area is 92.8 Å². The van der Waals surface area contributed by atoms with Crippen molar-refractivity contribution in [3.8, 4) is 11.3 Å². The molecule has 2 rings (SSSR count). The minimum atomic E-state index is -0.162. The summed E-state index contributed by atoms with van der Waals surface area (Å²) < 4.78 is 0. The van der Waals surface area contributed by atoms with Crippen molar-refractivity contribution >= 4 is 5.95 Å². The summed E-state index contributed by atoms with van der Waals surface area (Å²) in [4.78, 5) is 24.1. The maximum absolute atomic E-state index is 11.5. The Morgan fingerprint density at radius 1 is 1.25 bits per heavy atom. The standard InChI is InChI=1S/C11H12N4O/c1-15(2)11-13-9(7-10(16)14-11)8-3-5-12-6-4-8/h3-7H,1-2H3,(H,13,14,16). The Hall–Kier alpha value is -2.17. The molecule has 82 valence electrons. The van der Waals surface area contributed by atoms with Crippen molar-refractivity contribution in [2.24, 2.45) is 0 Å². The van der Waals surface area contributed by atoms with E-state index in [1.165, 1.54) is 6.07 Å². The van der Waals surface area contributed by atoms with Crippen LogP contribution in [0.15, 0.2) is 35.4 Å². The molecule has 0 spiro atoms. The highest BCUT2D eigenvalue weighted by Crippen LogP contribution is 2.15. The molecule has 0 aliphatic carbocycles. The van der Waals surface area contributed by atoms with Crippen LogP contribution in [0.1, 0.15) is 0 Å². The second-order valence-electron chi connectivity index (χ2n) is 3.58. The van der Waals surface area contributed by atoms with Crippen molar-refractivity contribution in [3.63, 3.8) is 0 Å². The predicted molar refractivity (Wildman–Crippen MR) is 62.4 cm³/mol. The zero-order valence-corrected chi connectivity index (χ0v) is 9.14. The molecule has 0 atom stereocenters. The van der Waals surface area contributed by atoms with E-state index in [9.17, 15) is 4.79 Å². The van der Waals surface area contributed by atoms with E-state index in [-0.39, 0.29) is 5.56 Å².